The molecule has 0 aliphatic carbocycles. The number of hydrogen-bond acceptors (Lipinski definition) is 4. The van der Waals surface area contributed by atoms with E-state index in [-0.39, 0.29) is 28.2 Å². The molecule has 13 heteroatoms. The van der Waals surface area contributed by atoms with Gasteiger partial charge in [0.25, 0.3) is 0 Å². The third-order valence-corrected chi connectivity index (χ3v) is 8.41. The fraction of sp³-hybridized carbons (Fsp3) is 0.200. The summed E-state index contributed by atoms with van der Waals surface area (Å²) in [5, 5.41) is 1.53. The average molecular weight is 945 g/mol. The smallest absolute Gasteiger partial charge is 0.293 e. The molecule has 0 bridgehead atoms. The van der Waals surface area contributed by atoms with E-state index in [1.807, 2.05) is 62.4 Å². The Morgan fingerprint density at radius 2 is 1.08 bits per heavy atom. The van der Waals surface area contributed by atoms with Gasteiger partial charge in [0.15, 0.2) is 23.1 Å². The van der Waals surface area contributed by atoms with E-state index in [9.17, 15) is 36.7 Å². The fourth-order valence-electron chi connectivity index (χ4n) is 3.61. The standard InChI is InChI=1S/C9H5BrF4O.2C9H9BrO.C8H6BrClO/c10-4-8(15)5-1-2-7(11)6(3-5)9(12,13)14;1-7-3-2-4-8(5-7)9(11)6-10;1-7-4-2-3-5-8(7)9(11)6-10;9-5-8(11)6-3-1-2-4-7(6)10/h1-3H,4H2;2*2-5H,6H2,1H3;1-4H,5H2. The van der Waals surface area contributed by atoms with E-state index in [2.05, 4.69) is 63.7 Å². The van der Waals surface area contributed by atoms with Crippen LogP contribution < -0.4 is 0 Å². The highest BCUT2D eigenvalue weighted by Gasteiger charge is 2.34. The Morgan fingerprint density at radius 1 is 0.604 bits per heavy atom. The summed E-state index contributed by atoms with van der Waals surface area (Å²) in [4.78, 5) is 44.5. The predicted molar refractivity (Wildman–Crippen MR) is 198 cm³/mol. The van der Waals surface area contributed by atoms with Gasteiger partial charge < -0.3 is 0 Å². The average Bonchev–Trinajstić information content (AvgIpc) is 3.08. The molecule has 0 amide bonds. The molecule has 0 atom stereocenters. The van der Waals surface area contributed by atoms with Gasteiger partial charge in [-0.15, -0.1) is 0 Å². The molecular formula is C35H29Br4ClF4O4. The third-order valence-electron chi connectivity index (χ3n) is 6.04. The Hall–Kier alpha value is -2.51. The van der Waals surface area contributed by atoms with Crippen LogP contribution in [0.3, 0.4) is 0 Å². The Balaban J connectivity index is 0.000000323. The zero-order valence-electron chi connectivity index (χ0n) is 25.5. The number of ketones is 4. The molecule has 0 spiro atoms. The first kappa shape index (κ1) is 43.5. The van der Waals surface area contributed by atoms with E-state index in [0.29, 0.717) is 38.7 Å². The fourth-order valence-corrected chi connectivity index (χ4v) is 5.10. The molecule has 0 radical (unpaired) electrons. The van der Waals surface area contributed by atoms with E-state index in [1.165, 1.54) is 0 Å². The minimum atomic E-state index is -4.79. The van der Waals surface area contributed by atoms with Crippen molar-refractivity contribution in [2.75, 3.05) is 21.3 Å². The lowest BCUT2D eigenvalue weighted by molar-refractivity contribution is -0.140. The Kier molecular flexibility index (Phi) is 20.2. The third kappa shape index (κ3) is 14.9. The second-order valence-electron chi connectivity index (χ2n) is 9.58. The van der Waals surface area contributed by atoms with Gasteiger partial charge >= 0.3 is 6.18 Å². The molecule has 0 aliphatic rings. The summed E-state index contributed by atoms with van der Waals surface area (Å²) in [5.74, 6) is -1.62. The lowest BCUT2D eigenvalue weighted by Crippen LogP contribution is -2.10. The van der Waals surface area contributed by atoms with Crippen LogP contribution >= 0.6 is 75.3 Å². The molecule has 0 saturated carbocycles. The van der Waals surface area contributed by atoms with Gasteiger partial charge in [-0.3, -0.25) is 19.2 Å². The first-order valence-electron chi connectivity index (χ1n) is 13.7. The van der Waals surface area contributed by atoms with Crippen molar-refractivity contribution in [3.8, 4) is 0 Å². The molecule has 0 aromatic heterocycles. The molecule has 0 N–H and O–H groups in total. The van der Waals surface area contributed by atoms with Crippen LogP contribution in [0.15, 0.2) is 91.0 Å². The summed E-state index contributed by atoms with van der Waals surface area (Å²) in [5.41, 5.74) is 2.74. The number of carbonyl (C=O) groups excluding carboxylic acids is 4. The highest BCUT2D eigenvalue weighted by atomic mass is 79.9. The van der Waals surface area contributed by atoms with Crippen LogP contribution in [0.2, 0.25) is 5.02 Å². The lowest BCUT2D eigenvalue weighted by atomic mass is 10.1. The monoisotopic (exact) mass is 940 g/mol. The largest absolute Gasteiger partial charge is 0.419 e. The van der Waals surface area contributed by atoms with Gasteiger partial charge in [0.1, 0.15) is 5.82 Å². The van der Waals surface area contributed by atoms with Crippen molar-refractivity contribution in [2.45, 2.75) is 20.0 Å². The van der Waals surface area contributed by atoms with Crippen LogP contribution in [0.5, 0.6) is 0 Å². The number of halogens is 9. The maximum Gasteiger partial charge on any atom is 0.419 e. The van der Waals surface area contributed by atoms with Gasteiger partial charge in [-0.25, -0.2) is 4.39 Å². The molecule has 48 heavy (non-hydrogen) atoms. The van der Waals surface area contributed by atoms with Crippen LogP contribution in [0.1, 0.15) is 58.1 Å². The SMILES string of the molecule is Cc1cccc(C(=O)CBr)c1.Cc1ccccc1C(=O)CBr.O=C(CBr)c1ccc(F)c(C(F)(F)F)c1.O=C(CBr)c1ccccc1Cl. The van der Waals surface area contributed by atoms with Crippen molar-refractivity contribution in [2.24, 2.45) is 0 Å². The van der Waals surface area contributed by atoms with E-state index < -0.39 is 23.3 Å². The normalized spacial score (nSPS) is 10.2. The number of rotatable bonds is 8. The number of alkyl halides is 7. The maximum atomic E-state index is 12.8. The molecular weight excluding hydrogens is 915 g/mol. The molecule has 4 aromatic carbocycles. The van der Waals surface area contributed by atoms with Crippen molar-refractivity contribution in [1.29, 1.82) is 0 Å². The van der Waals surface area contributed by atoms with Gasteiger partial charge in [-0.2, -0.15) is 13.2 Å². The zero-order valence-corrected chi connectivity index (χ0v) is 32.6. The Bertz CT molecular complexity index is 1640. The zero-order chi connectivity index (χ0) is 36.4. The van der Waals surface area contributed by atoms with Crippen LogP contribution in [-0.2, 0) is 6.18 Å². The Morgan fingerprint density at radius 3 is 1.56 bits per heavy atom. The van der Waals surface area contributed by atoms with Gasteiger partial charge in [0.05, 0.1) is 31.9 Å². The molecule has 0 heterocycles. The molecule has 4 nitrogen and oxygen atoms in total. The topological polar surface area (TPSA) is 68.3 Å². The molecule has 0 aliphatic heterocycles. The second kappa shape index (κ2) is 22.3. The molecule has 0 saturated heterocycles. The van der Waals surface area contributed by atoms with Gasteiger partial charge in [0, 0.05) is 22.3 Å². The number of carbonyl (C=O) groups is 4. The number of Topliss-reactive ketones (excluding diaryl/α,β-unsaturated/α-hetero) is 4. The van der Waals surface area contributed by atoms with Gasteiger partial charge in [-0.1, -0.05) is 135 Å². The highest BCUT2D eigenvalue weighted by molar-refractivity contribution is 9.10. The van der Waals surface area contributed by atoms with Crippen LogP contribution in [0.4, 0.5) is 17.6 Å². The molecule has 0 unspecified atom stereocenters. The van der Waals surface area contributed by atoms with Crippen LogP contribution in [0, 0.1) is 19.7 Å². The van der Waals surface area contributed by atoms with E-state index >= 15 is 0 Å². The number of hydrogen-bond donors (Lipinski definition) is 0. The van der Waals surface area contributed by atoms with Crippen molar-refractivity contribution < 1.29 is 36.7 Å². The van der Waals surface area contributed by atoms with Crippen molar-refractivity contribution in [3.05, 3.63) is 141 Å². The predicted octanol–water partition coefficient (Wildman–Crippen LogP) is 11.5. The van der Waals surface area contributed by atoms with Crippen molar-refractivity contribution in [1.82, 2.24) is 0 Å². The summed E-state index contributed by atoms with van der Waals surface area (Å²) < 4.78 is 49.5. The Labute approximate surface area is 315 Å². The van der Waals surface area contributed by atoms with E-state index in [1.54, 1.807) is 24.3 Å². The van der Waals surface area contributed by atoms with E-state index in [4.69, 9.17) is 11.6 Å². The summed E-state index contributed by atoms with van der Waals surface area (Å²) >= 11 is 17.9. The maximum absolute atomic E-state index is 12.8. The minimum absolute atomic E-state index is 0.00981. The minimum Gasteiger partial charge on any atom is -0.293 e. The molecule has 4 rings (SSSR count). The first-order chi connectivity index (χ1) is 22.6. The lowest BCUT2D eigenvalue weighted by Gasteiger charge is -2.08. The summed E-state index contributed by atoms with van der Waals surface area (Å²) in [6, 6.07) is 24.4. The first-order valence-corrected chi connectivity index (χ1v) is 18.6. The summed E-state index contributed by atoms with van der Waals surface area (Å²) in [6.45, 7) is 3.92. The molecule has 0 fully saturated rings. The van der Waals surface area contributed by atoms with Crippen molar-refractivity contribution in [3.63, 3.8) is 0 Å². The molecule has 4 aromatic rings. The van der Waals surface area contributed by atoms with Gasteiger partial charge in [-0.05, 0) is 55.8 Å². The van der Waals surface area contributed by atoms with Crippen LogP contribution in [0.25, 0.3) is 0 Å². The van der Waals surface area contributed by atoms with Gasteiger partial charge in [0.2, 0.25) is 0 Å². The van der Waals surface area contributed by atoms with E-state index in [0.717, 1.165) is 28.3 Å². The number of aryl methyl sites for hydroxylation is 2. The highest BCUT2D eigenvalue weighted by Crippen LogP contribution is 2.32. The summed E-state index contributed by atoms with van der Waals surface area (Å²) in [6.07, 6.45) is -4.79. The molecule has 256 valence electrons. The quantitative estimate of drug-likeness (QED) is 0.100. The van der Waals surface area contributed by atoms with Crippen LogP contribution in [-0.4, -0.2) is 44.5 Å². The van der Waals surface area contributed by atoms with Crippen molar-refractivity contribution >= 4 is 98.5 Å². The number of benzene rings is 4. The summed E-state index contributed by atoms with van der Waals surface area (Å²) in [7, 11) is 0. The second-order valence-corrected chi connectivity index (χ2v) is 12.2.